The SMILES string of the molecule is COc1ccc(C)cc1N1CCC(CO)C1(C)C. The second-order valence-electron chi connectivity index (χ2n) is 5.65. The summed E-state index contributed by atoms with van der Waals surface area (Å²) in [6, 6.07) is 6.25. The summed E-state index contributed by atoms with van der Waals surface area (Å²) in [6.07, 6.45) is 1.03. The minimum Gasteiger partial charge on any atom is -0.495 e. The maximum atomic E-state index is 9.49. The topological polar surface area (TPSA) is 32.7 Å². The van der Waals surface area contributed by atoms with Crippen LogP contribution >= 0.6 is 0 Å². The molecular weight excluding hydrogens is 226 g/mol. The number of aliphatic hydroxyl groups is 1. The highest BCUT2D eigenvalue weighted by Crippen LogP contribution is 2.42. The average Bonchev–Trinajstić information content (AvgIpc) is 2.63. The van der Waals surface area contributed by atoms with E-state index < -0.39 is 0 Å². The van der Waals surface area contributed by atoms with Gasteiger partial charge in [0.2, 0.25) is 0 Å². The first-order valence-electron chi connectivity index (χ1n) is 6.54. The number of benzene rings is 1. The third kappa shape index (κ3) is 2.07. The van der Waals surface area contributed by atoms with Crippen LogP contribution in [0.5, 0.6) is 5.75 Å². The van der Waals surface area contributed by atoms with Crippen LogP contribution in [0.3, 0.4) is 0 Å². The molecule has 2 rings (SSSR count). The molecule has 1 unspecified atom stereocenters. The molecule has 3 heteroatoms. The van der Waals surface area contributed by atoms with Gasteiger partial charge in [0.05, 0.1) is 12.8 Å². The minimum atomic E-state index is -0.0319. The summed E-state index contributed by atoms with van der Waals surface area (Å²) in [5.41, 5.74) is 2.34. The first kappa shape index (κ1) is 13.2. The van der Waals surface area contributed by atoms with E-state index >= 15 is 0 Å². The molecule has 0 amide bonds. The van der Waals surface area contributed by atoms with E-state index in [-0.39, 0.29) is 12.1 Å². The van der Waals surface area contributed by atoms with Crippen molar-refractivity contribution in [1.29, 1.82) is 0 Å². The predicted molar refractivity (Wildman–Crippen MR) is 74.3 cm³/mol. The molecule has 3 nitrogen and oxygen atoms in total. The van der Waals surface area contributed by atoms with Crippen LogP contribution in [-0.4, -0.2) is 30.9 Å². The van der Waals surface area contributed by atoms with Gasteiger partial charge < -0.3 is 14.7 Å². The Hall–Kier alpha value is -1.22. The van der Waals surface area contributed by atoms with Crippen LogP contribution in [0.4, 0.5) is 5.69 Å². The van der Waals surface area contributed by atoms with Crippen LogP contribution in [0.1, 0.15) is 25.8 Å². The molecule has 1 fully saturated rings. The summed E-state index contributed by atoms with van der Waals surface area (Å²) in [5, 5.41) is 9.49. The third-order valence-electron chi connectivity index (χ3n) is 4.24. The summed E-state index contributed by atoms with van der Waals surface area (Å²) in [6.45, 7) is 7.70. The van der Waals surface area contributed by atoms with Gasteiger partial charge in [-0.2, -0.15) is 0 Å². The van der Waals surface area contributed by atoms with Crippen molar-refractivity contribution < 1.29 is 9.84 Å². The molecule has 0 saturated carbocycles. The molecule has 0 aromatic heterocycles. The zero-order valence-electron chi connectivity index (χ0n) is 11.7. The fourth-order valence-electron chi connectivity index (χ4n) is 2.90. The maximum absolute atomic E-state index is 9.49. The average molecular weight is 249 g/mol. The molecule has 0 aliphatic carbocycles. The molecular formula is C15H23NO2. The van der Waals surface area contributed by atoms with Crippen LogP contribution in [0.15, 0.2) is 18.2 Å². The molecule has 1 atom stereocenters. The van der Waals surface area contributed by atoms with Crippen molar-refractivity contribution >= 4 is 5.69 Å². The van der Waals surface area contributed by atoms with Crippen molar-refractivity contribution in [1.82, 2.24) is 0 Å². The monoisotopic (exact) mass is 249 g/mol. The number of anilines is 1. The number of aliphatic hydroxyl groups excluding tert-OH is 1. The largest absolute Gasteiger partial charge is 0.495 e. The zero-order valence-corrected chi connectivity index (χ0v) is 11.7. The van der Waals surface area contributed by atoms with E-state index in [4.69, 9.17) is 4.74 Å². The van der Waals surface area contributed by atoms with Crippen LogP contribution in [0.2, 0.25) is 0 Å². The lowest BCUT2D eigenvalue weighted by molar-refractivity contribution is 0.189. The molecule has 100 valence electrons. The van der Waals surface area contributed by atoms with Gasteiger partial charge in [-0.1, -0.05) is 6.07 Å². The molecule has 1 saturated heterocycles. The van der Waals surface area contributed by atoms with Crippen molar-refractivity contribution in [2.24, 2.45) is 5.92 Å². The van der Waals surface area contributed by atoms with Gasteiger partial charge in [0, 0.05) is 24.6 Å². The summed E-state index contributed by atoms with van der Waals surface area (Å²) < 4.78 is 5.47. The van der Waals surface area contributed by atoms with Gasteiger partial charge in [-0.3, -0.25) is 0 Å². The smallest absolute Gasteiger partial charge is 0.142 e. The van der Waals surface area contributed by atoms with Gasteiger partial charge in [-0.25, -0.2) is 0 Å². The number of methoxy groups -OCH3 is 1. The van der Waals surface area contributed by atoms with Crippen molar-refractivity contribution in [2.75, 3.05) is 25.2 Å². The Morgan fingerprint density at radius 3 is 2.72 bits per heavy atom. The van der Waals surface area contributed by atoms with Gasteiger partial charge in [-0.05, 0) is 44.9 Å². The Kier molecular flexibility index (Phi) is 3.53. The molecule has 0 bridgehead atoms. The first-order valence-corrected chi connectivity index (χ1v) is 6.54. The van der Waals surface area contributed by atoms with E-state index in [2.05, 4.69) is 37.8 Å². The maximum Gasteiger partial charge on any atom is 0.142 e. The van der Waals surface area contributed by atoms with E-state index in [0.29, 0.717) is 5.92 Å². The lowest BCUT2D eigenvalue weighted by Gasteiger charge is -2.38. The van der Waals surface area contributed by atoms with Gasteiger partial charge in [0.25, 0.3) is 0 Å². The highest BCUT2D eigenvalue weighted by atomic mass is 16.5. The quantitative estimate of drug-likeness (QED) is 0.893. The predicted octanol–water partition coefficient (Wildman–Crippen LogP) is 2.60. The molecule has 1 aromatic carbocycles. The summed E-state index contributed by atoms with van der Waals surface area (Å²) in [4.78, 5) is 2.36. The van der Waals surface area contributed by atoms with Crippen molar-refractivity contribution in [2.45, 2.75) is 32.7 Å². The molecule has 0 radical (unpaired) electrons. The fraction of sp³-hybridized carbons (Fsp3) is 0.600. The second kappa shape index (κ2) is 4.81. The number of nitrogens with zero attached hydrogens (tertiary/aromatic N) is 1. The van der Waals surface area contributed by atoms with Crippen molar-refractivity contribution in [3.63, 3.8) is 0 Å². The Bertz CT molecular complexity index is 429. The van der Waals surface area contributed by atoms with Crippen LogP contribution < -0.4 is 9.64 Å². The van der Waals surface area contributed by atoms with Gasteiger partial charge in [0.15, 0.2) is 0 Å². The second-order valence-corrected chi connectivity index (χ2v) is 5.65. The highest BCUT2D eigenvalue weighted by Gasteiger charge is 2.41. The van der Waals surface area contributed by atoms with Crippen LogP contribution in [0, 0.1) is 12.8 Å². The van der Waals surface area contributed by atoms with E-state index in [9.17, 15) is 5.11 Å². The lowest BCUT2D eigenvalue weighted by Crippen LogP contribution is -2.43. The number of hydrogen-bond donors (Lipinski definition) is 1. The van der Waals surface area contributed by atoms with E-state index in [1.165, 1.54) is 5.56 Å². The van der Waals surface area contributed by atoms with E-state index in [0.717, 1.165) is 24.4 Å². The zero-order chi connectivity index (χ0) is 13.3. The molecule has 1 heterocycles. The molecule has 0 spiro atoms. The highest BCUT2D eigenvalue weighted by molar-refractivity contribution is 5.62. The van der Waals surface area contributed by atoms with Crippen LogP contribution in [0.25, 0.3) is 0 Å². The van der Waals surface area contributed by atoms with Gasteiger partial charge >= 0.3 is 0 Å². The Balaban J connectivity index is 2.40. The molecule has 18 heavy (non-hydrogen) atoms. The molecule has 1 N–H and O–H groups in total. The number of hydrogen-bond acceptors (Lipinski definition) is 3. The number of rotatable bonds is 3. The van der Waals surface area contributed by atoms with Gasteiger partial charge in [0.1, 0.15) is 5.75 Å². The van der Waals surface area contributed by atoms with Gasteiger partial charge in [-0.15, -0.1) is 0 Å². The number of ether oxygens (including phenoxy) is 1. The van der Waals surface area contributed by atoms with E-state index in [1.54, 1.807) is 7.11 Å². The Morgan fingerprint density at radius 1 is 1.44 bits per heavy atom. The molecule has 1 aliphatic heterocycles. The van der Waals surface area contributed by atoms with Crippen molar-refractivity contribution in [3.05, 3.63) is 23.8 Å². The van der Waals surface area contributed by atoms with E-state index in [1.807, 2.05) is 6.07 Å². The first-order chi connectivity index (χ1) is 8.50. The Morgan fingerprint density at radius 2 is 2.17 bits per heavy atom. The molecule has 1 aromatic rings. The summed E-state index contributed by atoms with van der Waals surface area (Å²) in [7, 11) is 1.71. The Labute approximate surface area is 109 Å². The molecule has 1 aliphatic rings. The standard InChI is InChI=1S/C15H23NO2/c1-11-5-6-14(18-4)13(9-11)16-8-7-12(10-17)15(16,2)3/h5-6,9,12,17H,7-8,10H2,1-4H3. The fourth-order valence-corrected chi connectivity index (χ4v) is 2.90. The summed E-state index contributed by atoms with van der Waals surface area (Å²) in [5.74, 6) is 1.23. The number of aryl methyl sites for hydroxylation is 1. The lowest BCUT2D eigenvalue weighted by atomic mass is 9.89. The summed E-state index contributed by atoms with van der Waals surface area (Å²) >= 11 is 0. The van der Waals surface area contributed by atoms with Crippen molar-refractivity contribution in [3.8, 4) is 5.75 Å². The minimum absolute atomic E-state index is 0.0319. The van der Waals surface area contributed by atoms with Crippen LogP contribution in [-0.2, 0) is 0 Å². The third-order valence-corrected chi connectivity index (χ3v) is 4.24. The normalized spacial score (nSPS) is 22.3.